The first-order chi connectivity index (χ1) is 16.3. The van der Waals surface area contributed by atoms with Crippen LogP contribution in [0, 0.1) is 0 Å². The smallest absolute Gasteiger partial charge is 0.243 e. The molecule has 0 radical (unpaired) electrons. The fourth-order valence-electron chi connectivity index (χ4n) is 4.72. The zero-order valence-electron chi connectivity index (χ0n) is 19.6. The van der Waals surface area contributed by atoms with E-state index in [1.807, 2.05) is 24.3 Å². The summed E-state index contributed by atoms with van der Waals surface area (Å²) in [5, 5.41) is 2.93. The maximum Gasteiger partial charge on any atom is 0.243 e. The van der Waals surface area contributed by atoms with Gasteiger partial charge in [-0.1, -0.05) is 18.6 Å². The van der Waals surface area contributed by atoms with E-state index in [2.05, 4.69) is 5.32 Å². The molecule has 1 fully saturated rings. The third-order valence-electron chi connectivity index (χ3n) is 6.48. The lowest BCUT2D eigenvalue weighted by molar-refractivity contribution is -0.125. The summed E-state index contributed by atoms with van der Waals surface area (Å²) in [6.07, 6.45) is 3.67. The van der Waals surface area contributed by atoms with Gasteiger partial charge in [0.2, 0.25) is 21.8 Å². The fourth-order valence-corrected chi connectivity index (χ4v) is 6.29. The molecule has 8 nitrogen and oxygen atoms in total. The third-order valence-corrected chi connectivity index (χ3v) is 8.37. The zero-order chi connectivity index (χ0) is 24.3. The van der Waals surface area contributed by atoms with Gasteiger partial charge in [0.1, 0.15) is 11.8 Å². The topological polar surface area (TPSA) is 96.0 Å². The molecule has 2 heterocycles. The molecule has 1 atom stereocenters. The summed E-state index contributed by atoms with van der Waals surface area (Å²) in [5.41, 5.74) is 2.32. The van der Waals surface area contributed by atoms with Crippen molar-refractivity contribution in [3.05, 3.63) is 53.6 Å². The summed E-state index contributed by atoms with van der Waals surface area (Å²) in [7, 11) is -1.98. The molecule has 34 heavy (non-hydrogen) atoms. The third kappa shape index (κ3) is 4.95. The minimum atomic E-state index is -3.59. The lowest BCUT2D eigenvalue weighted by Gasteiger charge is -2.26. The van der Waals surface area contributed by atoms with Crippen molar-refractivity contribution in [2.24, 2.45) is 0 Å². The maximum absolute atomic E-state index is 13.1. The van der Waals surface area contributed by atoms with Crippen molar-refractivity contribution in [3.8, 4) is 5.75 Å². The number of carbonyl (C=O) groups is 2. The summed E-state index contributed by atoms with van der Waals surface area (Å²) >= 11 is 0. The number of carbonyl (C=O) groups excluding carboxylic acids is 2. The number of benzene rings is 2. The van der Waals surface area contributed by atoms with E-state index >= 15 is 0 Å². The van der Waals surface area contributed by atoms with E-state index in [0.29, 0.717) is 37.3 Å². The largest absolute Gasteiger partial charge is 0.497 e. The van der Waals surface area contributed by atoms with Crippen LogP contribution >= 0.6 is 0 Å². The highest BCUT2D eigenvalue weighted by Crippen LogP contribution is 2.35. The molecule has 2 aliphatic heterocycles. The molecule has 4 rings (SSSR count). The minimum Gasteiger partial charge on any atom is -0.497 e. The lowest BCUT2D eigenvalue weighted by atomic mass is 10.1. The number of hydrogen-bond donors (Lipinski definition) is 1. The number of amides is 2. The lowest BCUT2D eigenvalue weighted by Crippen LogP contribution is -2.47. The van der Waals surface area contributed by atoms with Gasteiger partial charge < -0.3 is 10.1 Å². The summed E-state index contributed by atoms with van der Waals surface area (Å²) in [6.45, 7) is 2.89. The first kappa shape index (κ1) is 24.2. The average Bonchev–Trinajstić information content (AvgIpc) is 3.24. The van der Waals surface area contributed by atoms with Crippen LogP contribution in [0.15, 0.2) is 47.4 Å². The van der Waals surface area contributed by atoms with E-state index in [-0.39, 0.29) is 23.1 Å². The summed E-state index contributed by atoms with van der Waals surface area (Å²) in [6, 6.07) is 11.8. The monoisotopic (exact) mass is 485 g/mol. The number of fused-ring (bicyclic) bond motifs is 1. The Morgan fingerprint density at radius 3 is 2.56 bits per heavy atom. The van der Waals surface area contributed by atoms with Gasteiger partial charge in [-0.3, -0.25) is 14.5 Å². The normalized spacial score (nSPS) is 18.4. The minimum absolute atomic E-state index is 0.218. The van der Waals surface area contributed by atoms with Crippen LogP contribution in [-0.2, 0) is 32.5 Å². The van der Waals surface area contributed by atoms with Crippen LogP contribution in [0.25, 0.3) is 0 Å². The van der Waals surface area contributed by atoms with Crippen molar-refractivity contribution in [2.75, 3.05) is 31.6 Å². The van der Waals surface area contributed by atoms with Crippen LogP contribution in [0.4, 0.5) is 5.69 Å². The van der Waals surface area contributed by atoms with Crippen LogP contribution in [-0.4, -0.2) is 57.3 Å². The van der Waals surface area contributed by atoms with Crippen molar-refractivity contribution < 1.29 is 22.7 Å². The average molecular weight is 486 g/mol. The predicted octanol–water partition coefficient (Wildman–Crippen LogP) is 2.51. The second kappa shape index (κ2) is 10.1. The maximum atomic E-state index is 13.1. The van der Waals surface area contributed by atoms with E-state index in [0.717, 1.165) is 30.6 Å². The quantitative estimate of drug-likeness (QED) is 0.650. The van der Waals surface area contributed by atoms with E-state index < -0.39 is 16.1 Å². The predicted molar refractivity (Wildman–Crippen MR) is 129 cm³/mol. The van der Waals surface area contributed by atoms with Crippen molar-refractivity contribution in [1.29, 1.82) is 0 Å². The fraction of sp³-hybridized carbons (Fsp3) is 0.440. The molecule has 0 spiro atoms. The summed E-state index contributed by atoms with van der Waals surface area (Å²) < 4.78 is 33.0. The molecule has 0 aliphatic carbocycles. The van der Waals surface area contributed by atoms with Gasteiger partial charge in [0.25, 0.3) is 0 Å². The Balaban J connectivity index is 1.47. The molecular weight excluding hydrogens is 454 g/mol. The molecule has 2 aromatic rings. The SMILES string of the molecule is COc1cccc(CCNC(=O)[C@@H]2Cc3cc(S(=O)(=O)N4CCCCC4)ccc3N2C(C)=O)c1. The van der Waals surface area contributed by atoms with Gasteiger partial charge in [-0.05, 0) is 60.7 Å². The number of ether oxygens (including phenoxy) is 1. The Kier molecular flexibility index (Phi) is 7.23. The second-order valence-corrected chi connectivity index (χ2v) is 10.7. The highest BCUT2D eigenvalue weighted by molar-refractivity contribution is 7.89. The zero-order valence-corrected chi connectivity index (χ0v) is 20.4. The van der Waals surface area contributed by atoms with Gasteiger partial charge in [0.15, 0.2) is 0 Å². The second-order valence-electron chi connectivity index (χ2n) is 8.76. The number of nitrogens with zero attached hydrogens (tertiary/aromatic N) is 2. The van der Waals surface area contributed by atoms with Gasteiger partial charge >= 0.3 is 0 Å². The van der Waals surface area contributed by atoms with E-state index in [4.69, 9.17) is 4.74 Å². The van der Waals surface area contributed by atoms with E-state index in [1.54, 1.807) is 25.3 Å². The van der Waals surface area contributed by atoms with Crippen LogP contribution in [0.1, 0.15) is 37.3 Å². The van der Waals surface area contributed by atoms with Crippen LogP contribution < -0.4 is 15.0 Å². The highest BCUT2D eigenvalue weighted by Gasteiger charge is 2.38. The first-order valence-corrected chi connectivity index (χ1v) is 13.1. The molecule has 0 bridgehead atoms. The number of methoxy groups -OCH3 is 1. The number of sulfonamides is 1. The number of piperidine rings is 1. The Bertz CT molecular complexity index is 1170. The van der Waals surface area contributed by atoms with Gasteiger partial charge in [-0.25, -0.2) is 8.42 Å². The van der Waals surface area contributed by atoms with Crippen molar-refractivity contribution >= 4 is 27.5 Å². The van der Waals surface area contributed by atoms with Gasteiger partial charge in [0.05, 0.1) is 12.0 Å². The molecule has 0 unspecified atom stereocenters. The molecular formula is C25H31N3O5S. The first-order valence-electron chi connectivity index (χ1n) is 11.6. The Hall–Kier alpha value is -2.91. The molecule has 2 amide bonds. The molecule has 2 aliphatic rings. The van der Waals surface area contributed by atoms with Crippen molar-refractivity contribution in [2.45, 2.75) is 50.0 Å². The standard InChI is InChI=1S/C25H31N3O5S/c1-18(29)28-23-10-9-22(34(31,32)27-13-4-3-5-14-27)16-20(23)17-24(28)25(30)26-12-11-19-7-6-8-21(15-19)33-2/h6-10,15-16,24H,3-5,11-14,17H2,1-2H3,(H,26,30)/t24-/m0/s1. The number of rotatable bonds is 7. The highest BCUT2D eigenvalue weighted by atomic mass is 32.2. The van der Waals surface area contributed by atoms with Crippen LogP contribution in [0.3, 0.4) is 0 Å². The van der Waals surface area contributed by atoms with Gasteiger partial charge in [-0.15, -0.1) is 0 Å². The molecule has 1 N–H and O–H groups in total. The Labute approximate surface area is 200 Å². The molecule has 2 aromatic carbocycles. The van der Waals surface area contributed by atoms with Gasteiger partial charge in [-0.2, -0.15) is 4.31 Å². The Morgan fingerprint density at radius 1 is 1.09 bits per heavy atom. The molecule has 9 heteroatoms. The summed E-state index contributed by atoms with van der Waals surface area (Å²) in [5.74, 6) is 0.251. The number of nitrogens with one attached hydrogen (secondary N) is 1. The molecule has 0 saturated carbocycles. The van der Waals surface area contributed by atoms with E-state index in [9.17, 15) is 18.0 Å². The van der Waals surface area contributed by atoms with Crippen LogP contribution in [0.5, 0.6) is 5.75 Å². The van der Waals surface area contributed by atoms with Gasteiger partial charge in [0, 0.05) is 38.7 Å². The number of hydrogen-bond acceptors (Lipinski definition) is 5. The number of anilines is 1. The van der Waals surface area contributed by atoms with Crippen LogP contribution in [0.2, 0.25) is 0 Å². The molecule has 1 saturated heterocycles. The van der Waals surface area contributed by atoms with E-state index in [1.165, 1.54) is 16.1 Å². The molecule has 182 valence electrons. The van der Waals surface area contributed by atoms with Crippen molar-refractivity contribution in [1.82, 2.24) is 9.62 Å². The van der Waals surface area contributed by atoms with Crippen molar-refractivity contribution in [3.63, 3.8) is 0 Å². The summed E-state index contributed by atoms with van der Waals surface area (Å²) in [4.78, 5) is 27.1. The Morgan fingerprint density at radius 2 is 1.85 bits per heavy atom. The molecule has 0 aromatic heterocycles.